The average Bonchev–Trinajstić information content (AvgIpc) is 2.51. The number of rotatable bonds is 8. The Hall–Kier alpha value is -2.11. The van der Waals surface area contributed by atoms with E-state index >= 15 is 0 Å². The Balaban J connectivity index is 2.27. The molecule has 0 aliphatic rings. The first kappa shape index (κ1) is 18.9. The fourth-order valence-electron chi connectivity index (χ4n) is 1.85. The van der Waals surface area contributed by atoms with Gasteiger partial charge in [0.25, 0.3) is 0 Å². The summed E-state index contributed by atoms with van der Waals surface area (Å²) in [5.74, 6) is 0.882. The molecule has 0 aromatic heterocycles. The summed E-state index contributed by atoms with van der Waals surface area (Å²) in [4.78, 5) is 16.3. The summed E-state index contributed by atoms with van der Waals surface area (Å²) in [6, 6.07) is 5.96. The number of carbonyl (C=O) groups is 1. The molecule has 0 heterocycles. The van der Waals surface area contributed by atoms with Crippen LogP contribution in [0.25, 0.3) is 0 Å². The van der Waals surface area contributed by atoms with Crippen LogP contribution < -0.4 is 16.0 Å². The molecule has 1 amide bonds. The van der Waals surface area contributed by atoms with Crippen molar-refractivity contribution < 1.29 is 9.18 Å². The molecule has 0 bridgehead atoms. The van der Waals surface area contributed by atoms with Crippen molar-refractivity contribution in [2.45, 2.75) is 27.2 Å². The lowest BCUT2D eigenvalue weighted by molar-refractivity contribution is -0.120. The van der Waals surface area contributed by atoms with Gasteiger partial charge in [0.1, 0.15) is 5.82 Å². The standard InChI is InChI=1S/C17H27FN4O/c1-4-19-17(22-12-13(2)3)21-10-9-20-16(23)11-14-5-7-15(18)8-6-14/h5-8,13H,4,9-12H2,1-3H3,(H,20,23)(H2,19,21,22). The third-order valence-electron chi connectivity index (χ3n) is 2.98. The Morgan fingerprint density at radius 2 is 1.78 bits per heavy atom. The van der Waals surface area contributed by atoms with E-state index in [4.69, 9.17) is 0 Å². The van der Waals surface area contributed by atoms with E-state index in [1.807, 2.05) is 6.92 Å². The number of nitrogens with one attached hydrogen (secondary N) is 3. The molecule has 0 aliphatic heterocycles. The van der Waals surface area contributed by atoms with Gasteiger partial charge in [-0.1, -0.05) is 26.0 Å². The van der Waals surface area contributed by atoms with Gasteiger partial charge in [-0.2, -0.15) is 0 Å². The van der Waals surface area contributed by atoms with Crippen molar-refractivity contribution in [1.29, 1.82) is 0 Å². The highest BCUT2D eigenvalue weighted by Crippen LogP contribution is 2.03. The first-order chi connectivity index (χ1) is 11.0. The molecule has 0 spiro atoms. The van der Waals surface area contributed by atoms with E-state index in [0.29, 0.717) is 19.0 Å². The predicted octanol–water partition coefficient (Wildman–Crippen LogP) is 1.70. The summed E-state index contributed by atoms with van der Waals surface area (Å²) < 4.78 is 12.8. The highest BCUT2D eigenvalue weighted by Gasteiger charge is 2.03. The maximum absolute atomic E-state index is 12.8. The minimum absolute atomic E-state index is 0.0810. The van der Waals surface area contributed by atoms with Crippen molar-refractivity contribution in [2.75, 3.05) is 26.2 Å². The van der Waals surface area contributed by atoms with Crippen LogP contribution in [0.3, 0.4) is 0 Å². The molecular formula is C17H27FN4O. The van der Waals surface area contributed by atoms with Crippen molar-refractivity contribution in [1.82, 2.24) is 16.0 Å². The highest BCUT2D eigenvalue weighted by atomic mass is 19.1. The Morgan fingerprint density at radius 3 is 2.39 bits per heavy atom. The van der Waals surface area contributed by atoms with E-state index < -0.39 is 0 Å². The maximum Gasteiger partial charge on any atom is 0.224 e. The van der Waals surface area contributed by atoms with Gasteiger partial charge < -0.3 is 16.0 Å². The summed E-state index contributed by atoms with van der Waals surface area (Å²) in [6.07, 6.45) is 0.252. The van der Waals surface area contributed by atoms with E-state index in [0.717, 1.165) is 24.6 Å². The minimum Gasteiger partial charge on any atom is -0.357 e. The van der Waals surface area contributed by atoms with Gasteiger partial charge in [0, 0.05) is 26.2 Å². The average molecular weight is 322 g/mol. The molecule has 0 unspecified atom stereocenters. The van der Waals surface area contributed by atoms with Crippen molar-refractivity contribution in [3.8, 4) is 0 Å². The van der Waals surface area contributed by atoms with Gasteiger partial charge in [0.15, 0.2) is 5.96 Å². The number of guanidine groups is 1. The Kier molecular flexibility index (Phi) is 8.72. The van der Waals surface area contributed by atoms with Crippen molar-refractivity contribution in [3.05, 3.63) is 35.6 Å². The Labute approximate surface area is 137 Å². The molecular weight excluding hydrogens is 295 g/mol. The van der Waals surface area contributed by atoms with Crippen LogP contribution in [0.1, 0.15) is 26.3 Å². The molecule has 0 atom stereocenters. The van der Waals surface area contributed by atoms with E-state index in [9.17, 15) is 9.18 Å². The third kappa shape index (κ3) is 8.80. The van der Waals surface area contributed by atoms with Gasteiger partial charge in [-0.05, 0) is 30.5 Å². The lowest BCUT2D eigenvalue weighted by Gasteiger charge is -2.12. The second kappa shape index (κ2) is 10.6. The molecule has 1 rings (SSSR count). The smallest absolute Gasteiger partial charge is 0.224 e. The summed E-state index contributed by atoms with van der Waals surface area (Å²) >= 11 is 0. The molecule has 0 saturated carbocycles. The first-order valence-corrected chi connectivity index (χ1v) is 8.04. The molecule has 6 heteroatoms. The van der Waals surface area contributed by atoms with Crippen LogP contribution in [0.5, 0.6) is 0 Å². The molecule has 3 N–H and O–H groups in total. The number of nitrogens with zero attached hydrogens (tertiary/aromatic N) is 1. The number of benzene rings is 1. The quantitative estimate of drug-likeness (QED) is 0.388. The molecule has 0 saturated heterocycles. The van der Waals surface area contributed by atoms with E-state index in [1.54, 1.807) is 12.1 Å². The van der Waals surface area contributed by atoms with E-state index in [1.165, 1.54) is 12.1 Å². The molecule has 0 aliphatic carbocycles. The van der Waals surface area contributed by atoms with Crippen molar-refractivity contribution in [3.63, 3.8) is 0 Å². The van der Waals surface area contributed by atoms with Gasteiger partial charge in [-0.15, -0.1) is 0 Å². The lowest BCUT2D eigenvalue weighted by atomic mass is 10.1. The molecule has 0 fully saturated rings. The number of aliphatic imine (C=N–C) groups is 1. The number of amides is 1. The van der Waals surface area contributed by atoms with Gasteiger partial charge in [0.2, 0.25) is 5.91 Å². The SMILES string of the molecule is CCNC(=NCC(C)C)NCCNC(=O)Cc1ccc(F)cc1. The monoisotopic (exact) mass is 322 g/mol. The first-order valence-electron chi connectivity index (χ1n) is 8.04. The third-order valence-corrected chi connectivity index (χ3v) is 2.98. The van der Waals surface area contributed by atoms with Gasteiger partial charge in [-0.3, -0.25) is 9.79 Å². The van der Waals surface area contributed by atoms with Crippen molar-refractivity contribution in [2.24, 2.45) is 10.9 Å². The summed E-state index contributed by atoms with van der Waals surface area (Å²) in [5.41, 5.74) is 0.795. The zero-order chi connectivity index (χ0) is 17.1. The summed E-state index contributed by atoms with van der Waals surface area (Å²) in [5, 5.41) is 9.17. The van der Waals surface area contributed by atoms with Gasteiger partial charge in [0.05, 0.1) is 6.42 Å². The molecule has 23 heavy (non-hydrogen) atoms. The van der Waals surface area contributed by atoms with E-state index in [2.05, 4.69) is 34.8 Å². The Morgan fingerprint density at radius 1 is 1.13 bits per heavy atom. The topological polar surface area (TPSA) is 65.5 Å². The largest absolute Gasteiger partial charge is 0.357 e. The second-order valence-corrected chi connectivity index (χ2v) is 5.69. The Bertz CT molecular complexity index is 500. The highest BCUT2D eigenvalue weighted by molar-refractivity contribution is 5.80. The summed E-state index contributed by atoms with van der Waals surface area (Å²) in [6.45, 7) is 8.89. The number of hydrogen-bond donors (Lipinski definition) is 3. The normalized spacial score (nSPS) is 11.4. The van der Waals surface area contributed by atoms with Crippen LogP contribution in [0, 0.1) is 11.7 Å². The van der Waals surface area contributed by atoms with Gasteiger partial charge >= 0.3 is 0 Å². The number of halogens is 1. The lowest BCUT2D eigenvalue weighted by Crippen LogP contribution is -2.42. The van der Waals surface area contributed by atoms with Gasteiger partial charge in [-0.25, -0.2) is 4.39 Å². The van der Waals surface area contributed by atoms with Crippen LogP contribution in [-0.2, 0) is 11.2 Å². The fraction of sp³-hybridized carbons (Fsp3) is 0.529. The minimum atomic E-state index is -0.296. The van der Waals surface area contributed by atoms with Crippen LogP contribution in [-0.4, -0.2) is 38.0 Å². The number of hydrogen-bond acceptors (Lipinski definition) is 2. The zero-order valence-corrected chi connectivity index (χ0v) is 14.2. The molecule has 5 nitrogen and oxygen atoms in total. The zero-order valence-electron chi connectivity index (χ0n) is 14.2. The van der Waals surface area contributed by atoms with Crippen molar-refractivity contribution >= 4 is 11.9 Å². The molecule has 1 aromatic carbocycles. The van der Waals surface area contributed by atoms with Crippen LogP contribution in [0.2, 0.25) is 0 Å². The molecule has 1 aromatic rings. The second-order valence-electron chi connectivity index (χ2n) is 5.69. The fourth-order valence-corrected chi connectivity index (χ4v) is 1.85. The van der Waals surface area contributed by atoms with E-state index in [-0.39, 0.29) is 18.1 Å². The van der Waals surface area contributed by atoms with Crippen LogP contribution in [0.15, 0.2) is 29.3 Å². The summed E-state index contributed by atoms with van der Waals surface area (Å²) in [7, 11) is 0. The molecule has 128 valence electrons. The number of carbonyl (C=O) groups excluding carboxylic acids is 1. The predicted molar refractivity (Wildman–Crippen MR) is 91.9 cm³/mol. The van der Waals surface area contributed by atoms with Crippen LogP contribution in [0.4, 0.5) is 4.39 Å². The maximum atomic E-state index is 12.8. The molecule has 0 radical (unpaired) electrons. The van der Waals surface area contributed by atoms with Crippen LogP contribution >= 0.6 is 0 Å².